The lowest BCUT2D eigenvalue weighted by Gasteiger charge is -2.15. The SMILES string of the molecule is COCCn1c(NCC(O)COc2ccc(CC#N)cc2)nc2ccc(Cl)cc21. The molecule has 0 bridgehead atoms. The summed E-state index contributed by atoms with van der Waals surface area (Å²) in [7, 11) is 1.65. The Balaban J connectivity index is 1.59. The third-order valence-electron chi connectivity index (χ3n) is 4.37. The number of hydrogen-bond acceptors (Lipinski definition) is 6. The van der Waals surface area contributed by atoms with Crippen LogP contribution in [0.2, 0.25) is 5.02 Å². The third kappa shape index (κ3) is 5.61. The Morgan fingerprint density at radius 2 is 2.07 bits per heavy atom. The van der Waals surface area contributed by atoms with Crippen LogP contribution in [0.3, 0.4) is 0 Å². The van der Waals surface area contributed by atoms with Crippen molar-refractivity contribution in [3.8, 4) is 11.8 Å². The minimum atomic E-state index is -0.729. The Hall–Kier alpha value is -2.79. The zero-order valence-corrected chi connectivity index (χ0v) is 16.9. The summed E-state index contributed by atoms with van der Waals surface area (Å²) in [5.74, 6) is 1.28. The predicted octanol–water partition coefficient (Wildman–Crippen LogP) is 3.25. The van der Waals surface area contributed by atoms with Gasteiger partial charge in [0, 0.05) is 25.2 Å². The van der Waals surface area contributed by atoms with E-state index in [1.165, 1.54) is 0 Å². The lowest BCUT2D eigenvalue weighted by Crippen LogP contribution is -2.27. The summed E-state index contributed by atoms with van der Waals surface area (Å²) in [5.41, 5.74) is 2.65. The van der Waals surface area contributed by atoms with Crippen molar-refractivity contribution in [3.63, 3.8) is 0 Å². The molecular weight excluding hydrogens is 392 g/mol. The first-order chi connectivity index (χ1) is 14.1. The van der Waals surface area contributed by atoms with Crippen LogP contribution in [0.5, 0.6) is 5.75 Å². The van der Waals surface area contributed by atoms with Crippen LogP contribution in [-0.2, 0) is 17.7 Å². The molecule has 7 nitrogen and oxygen atoms in total. The minimum absolute atomic E-state index is 0.134. The number of halogens is 1. The number of aromatic nitrogens is 2. The average Bonchev–Trinajstić information content (AvgIpc) is 3.07. The quantitative estimate of drug-likeness (QED) is 0.529. The number of hydrogen-bond donors (Lipinski definition) is 2. The standard InChI is InChI=1S/C21H23ClN4O3/c1-28-11-10-26-20-12-16(22)4-7-19(20)25-21(26)24-13-17(27)14-29-18-5-2-15(3-6-18)8-9-23/h2-7,12,17,27H,8,10-11,13-14H2,1H3,(H,24,25). The maximum Gasteiger partial charge on any atom is 0.204 e. The topological polar surface area (TPSA) is 92.3 Å². The van der Waals surface area contributed by atoms with Gasteiger partial charge in [-0.3, -0.25) is 0 Å². The molecule has 29 heavy (non-hydrogen) atoms. The average molecular weight is 415 g/mol. The highest BCUT2D eigenvalue weighted by Crippen LogP contribution is 2.23. The molecule has 2 N–H and O–H groups in total. The van der Waals surface area contributed by atoms with E-state index < -0.39 is 6.10 Å². The van der Waals surface area contributed by atoms with Crippen molar-refractivity contribution in [2.45, 2.75) is 19.1 Å². The summed E-state index contributed by atoms with van der Waals surface area (Å²) >= 11 is 6.12. The van der Waals surface area contributed by atoms with Gasteiger partial charge in [-0.25, -0.2) is 4.98 Å². The molecule has 8 heteroatoms. The van der Waals surface area contributed by atoms with E-state index in [1.54, 1.807) is 25.3 Å². The molecule has 2 aromatic carbocycles. The Labute approximate surface area is 174 Å². The number of aliphatic hydroxyl groups excluding tert-OH is 1. The summed E-state index contributed by atoms with van der Waals surface area (Å²) in [6.45, 7) is 1.54. The third-order valence-corrected chi connectivity index (χ3v) is 4.61. The van der Waals surface area contributed by atoms with Gasteiger partial charge in [-0.1, -0.05) is 23.7 Å². The smallest absolute Gasteiger partial charge is 0.204 e. The minimum Gasteiger partial charge on any atom is -0.491 e. The van der Waals surface area contributed by atoms with Crippen molar-refractivity contribution in [2.24, 2.45) is 0 Å². The number of imidazole rings is 1. The number of nitriles is 1. The molecule has 3 aromatic rings. The molecule has 0 aliphatic rings. The molecule has 1 aromatic heterocycles. The van der Waals surface area contributed by atoms with E-state index in [2.05, 4.69) is 16.4 Å². The number of ether oxygens (including phenoxy) is 2. The fraction of sp³-hybridized carbons (Fsp3) is 0.333. The lowest BCUT2D eigenvalue weighted by atomic mass is 10.2. The first-order valence-corrected chi connectivity index (χ1v) is 9.64. The molecule has 1 heterocycles. The second-order valence-corrected chi connectivity index (χ2v) is 6.97. The van der Waals surface area contributed by atoms with Gasteiger partial charge in [-0.2, -0.15) is 5.26 Å². The van der Waals surface area contributed by atoms with E-state index in [9.17, 15) is 5.11 Å². The van der Waals surface area contributed by atoms with Crippen LogP contribution < -0.4 is 10.1 Å². The van der Waals surface area contributed by atoms with Gasteiger partial charge in [0.2, 0.25) is 5.95 Å². The summed E-state index contributed by atoms with van der Waals surface area (Å²) in [4.78, 5) is 4.58. The monoisotopic (exact) mass is 414 g/mol. The highest BCUT2D eigenvalue weighted by Gasteiger charge is 2.13. The summed E-state index contributed by atoms with van der Waals surface area (Å²) in [6, 6.07) is 14.9. The van der Waals surface area contributed by atoms with Crippen molar-refractivity contribution in [3.05, 3.63) is 53.1 Å². The molecule has 0 spiro atoms. The van der Waals surface area contributed by atoms with Crippen LogP contribution in [0, 0.1) is 11.3 Å². The van der Waals surface area contributed by atoms with E-state index in [-0.39, 0.29) is 13.2 Å². The molecule has 152 valence electrons. The van der Waals surface area contributed by atoms with Crippen molar-refractivity contribution in [1.29, 1.82) is 5.26 Å². The molecule has 1 atom stereocenters. The Bertz CT molecular complexity index is 982. The van der Waals surface area contributed by atoms with Gasteiger partial charge in [0.05, 0.1) is 30.1 Å². The van der Waals surface area contributed by atoms with Crippen LogP contribution in [0.4, 0.5) is 5.95 Å². The van der Waals surface area contributed by atoms with Gasteiger partial charge in [0.15, 0.2) is 0 Å². The fourth-order valence-corrected chi connectivity index (χ4v) is 3.06. The second kappa shape index (κ2) is 10.1. The fourth-order valence-electron chi connectivity index (χ4n) is 2.90. The molecule has 0 aliphatic carbocycles. The number of anilines is 1. The highest BCUT2D eigenvalue weighted by molar-refractivity contribution is 6.31. The number of fused-ring (bicyclic) bond motifs is 1. The van der Waals surface area contributed by atoms with Crippen LogP contribution in [0.25, 0.3) is 11.0 Å². The van der Waals surface area contributed by atoms with Crippen LogP contribution in [0.1, 0.15) is 5.56 Å². The summed E-state index contributed by atoms with van der Waals surface area (Å²) < 4.78 is 12.8. The summed E-state index contributed by atoms with van der Waals surface area (Å²) in [5, 5.41) is 22.8. The zero-order valence-electron chi connectivity index (χ0n) is 16.1. The molecule has 0 aliphatic heterocycles. The van der Waals surface area contributed by atoms with E-state index in [1.807, 2.05) is 28.8 Å². The first-order valence-electron chi connectivity index (χ1n) is 9.26. The first kappa shape index (κ1) is 20.9. The number of methoxy groups -OCH3 is 1. The molecule has 0 amide bonds. The second-order valence-electron chi connectivity index (χ2n) is 6.54. The van der Waals surface area contributed by atoms with Gasteiger partial charge < -0.3 is 24.5 Å². The molecule has 0 saturated heterocycles. The van der Waals surface area contributed by atoms with Crippen LogP contribution in [-0.4, -0.2) is 47.6 Å². The van der Waals surface area contributed by atoms with Gasteiger partial charge >= 0.3 is 0 Å². The Morgan fingerprint density at radius 1 is 1.28 bits per heavy atom. The number of nitrogens with zero attached hydrogens (tertiary/aromatic N) is 3. The zero-order chi connectivity index (χ0) is 20.6. The van der Waals surface area contributed by atoms with E-state index in [0.717, 1.165) is 16.6 Å². The number of nitrogens with one attached hydrogen (secondary N) is 1. The number of rotatable bonds is 10. The predicted molar refractivity (Wildman–Crippen MR) is 112 cm³/mol. The maximum atomic E-state index is 10.3. The van der Waals surface area contributed by atoms with E-state index in [0.29, 0.717) is 36.3 Å². The van der Waals surface area contributed by atoms with E-state index >= 15 is 0 Å². The van der Waals surface area contributed by atoms with Crippen molar-refractivity contribution in [1.82, 2.24) is 9.55 Å². The highest BCUT2D eigenvalue weighted by atomic mass is 35.5. The van der Waals surface area contributed by atoms with Crippen molar-refractivity contribution >= 4 is 28.6 Å². The van der Waals surface area contributed by atoms with Crippen molar-refractivity contribution < 1.29 is 14.6 Å². The van der Waals surface area contributed by atoms with Gasteiger partial charge in [0.1, 0.15) is 18.5 Å². The normalized spacial score (nSPS) is 11.9. The molecule has 0 radical (unpaired) electrons. The van der Waals surface area contributed by atoms with E-state index in [4.69, 9.17) is 26.3 Å². The largest absolute Gasteiger partial charge is 0.491 e. The van der Waals surface area contributed by atoms with Gasteiger partial charge in [0.25, 0.3) is 0 Å². The molecule has 0 saturated carbocycles. The molecule has 3 rings (SSSR count). The van der Waals surface area contributed by atoms with Crippen LogP contribution >= 0.6 is 11.6 Å². The Morgan fingerprint density at radius 3 is 2.79 bits per heavy atom. The van der Waals surface area contributed by atoms with Crippen molar-refractivity contribution in [2.75, 3.05) is 32.2 Å². The maximum absolute atomic E-state index is 10.3. The van der Waals surface area contributed by atoms with Gasteiger partial charge in [-0.15, -0.1) is 0 Å². The van der Waals surface area contributed by atoms with Crippen LogP contribution in [0.15, 0.2) is 42.5 Å². The number of aliphatic hydroxyl groups is 1. The van der Waals surface area contributed by atoms with Gasteiger partial charge in [-0.05, 0) is 35.9 Å². The molecule has 0 fully saturated rings. The number of benzene rings is 2. The molecular formula is C21H23ClN4O3. The summed E-state index contributed by atoms with van der Waals surface area (Å²) in [6.07, 6.45) is -0.365. The lowest BCUT2D eigenvalue weighted by molar-refractivity contribution is 0.117. The Kier molecular flexibility index (Phi) is 7.30. The molecule has 1 unspecified atom stereocenters.